The van der Waals surface area contributed by atoms with E-state index in [9.17, 15) is 19.2 Å². The molecular formula is C25H36N2O11. The van der Waals surface area contributed by atoms with Gasteiger partial charge in [0.1, 0.15) is 6.61 Å². The Morgan fingerprint density at radius 1 is 1.03 bits per heavy atom. The summed E-state index contributed by atoms with van der Waals surface area (Å²) in [6.45, 7) is 5.07. The molecule has 1 saturated heterocycles. The summed E-state index contributed by atoms with van der Waals surface area (Å²) in [4.78, 5) is 49.7. The minimum atomic E-state index is -1.36. The fourth-order valence-electron chi connectivity index (χ4n) is 3.78. The average Bonchev–Trinajstić information content (AvgIpc) is 2.88. The molecule has 1 fully saturated rings. The van der Waals surface area contributed by atoms with Gasteiger partial charge < -0.3 is 43.4 Å². The molecule has 0 aromatic heterocycles. The van der Waals surface area contributed by atoms with Gasteiger partial charge in [-0.05, 0) is 24.7 Å². The summed E-state index contributed by atoms with van der Waals surface area (Å²) < 4.78 is 38.3. The highest BCUT2D eigenvalue weighted by Gasteiger charge is 2.52. The molecule has 0 unspecified atom stereocenters. The molecule has 5 atom stereocenters. The molecule has 1 amide bonds. The van der Waals surface area contributed by atoms with Crippen LogP contribution in [0.3, 0.4) is 0 Å². The molecular weight excluding hydrogens is 504 g/mol. The van der Waals surface area contributed by atoms with E-state index in [-0.39, 0.29) is 18.1 Å². The van der Waals surface area contributed by atoms with Crippen LogP contribution >= 0.6 is 0 Å². The van der Waals surface area contributed by atoms with Gasteiger partial charge in [0, 0.05) is 39.9 Å². The van der Waals surface area contributed by atoms with Crippen molar-refractivity contribution in [1.82, 2.24) is 10.2 Å². The number of carbonyl (C=O) groups is 4. The lowest BCUT2D eigenvalue weighted by molar-refractivity contribution is -0.266. The Morgan fingerprint density at radius 3 is 2.26 bits per heavy atom. The Balaban J connectivity index is 2.28. The minimum Gasteiger partial charge on any atom is -0.493 e. The van der Waals surface area contributed by atoms with Gasteiger partial charge in [-0.3, -0.25) is 9.59 Å². The molecule has 1 aliphatic heterocycles. The lowest BCUT2D eigenvalue weighted by Crippen LogP contribution is -2.60. The third-order valence-electron chi connectivity index (χ3n) is 5.75. The van der Waals surface area contributed by atoms with Gasteiger partial charge in [-0.15, -0.1) is 0 Å². The standard InChI is InChI=1S/C25H36N2O11/c1-14-20(35-15(2)28)22(36-16(3)29)24(38-21(14)23(30)33-7)37-18-9-8-17(12-19(18)32-6)13-34-25(31)27(5)11-10-26-4/h8-9,12,14,20-22,24,26H,10-11,13H2,1-7H3/t14-,20-,21-,22+,24+/m0/s1. The maximum absolute atomic E-state index is 12.4. The zero-order valence-electron chi connectivity index (χ0n) is 22.7. The third-order valence-corrected chi connectivity index (χ3v) is 5.75. The lowest BCUT2D eigenvalue weighted by atomic mass is 9.90. The first kappa shape index (κ1) is 30.6. The predicted molar refractivity (Wildman–Crippen MR) is 131 cm³/mol. The van der Waals surface area contributed by atoms with Crippen LogP contribution in [0.25, 0.3) is 0 Å². The van der Waals surface area contributed by atoms with Gasteiger partial charge in [0.15, 0.2) is 23.7 Å². The highest BCUT2D eigenvalue weighted by atomic mass is 16.7. The maximum Gasteiger partial charge on any atom is 0.409 e. The number of nitrogens with one attached hydrogen (secondary N) is 1. The zero-order chi connectivity index (χ0) is 28.4. The Labute approximate surface area is 221 Å². The van der Waals surface area contributed by atoms with Crippen LogP contribution in [-0.2, 0) is 44.7 Å². The monoisotopic (exact) mass is 540 g/mol. The molecule has 0 aliphatic carbocycles. The SMILES string of the molecule is CNCCN(C)C(=O)OCc1ccc(O[C@@H]2O[C@H](C(=O)OC)[C@@H](C)[C@H](OC(C)=O)[C@H]2OC(C)=O)c(OC)c1. The summed E-state index contributed by atoms with van der Waals surface area (Å²) in [5.41, 5.74) is 0.615. The van der Waals surface area contributed by atoms with Crippen molar-refractivity contribution in [3.8, 4) is 11.5 Å². The van der Waals surface area contributed by atoms with Crippen molar-refractivity contribution >= 4 is 24.0 Å². The van der Waals surface area contributed by atoms with Gasteiger partial charge in [-0.2, -0.15) is 0 Å². The summed E-state index contributed by atoms with van der Waals surface area (Å²) in [6, 6.07) is 4.79. The van der Waals surface area contributed by atoms with Crippen molar-refractivity contribution in [2.24, 2.45) is 5.92 Å². The number of ether oxygens (including phenoxy) is 7. The van der Waals surface area contributed by atoms with E-state index in [0.717, 1.165) is 0 Å². The molecule has 0 bridgehead atoms. The second-order valence-corrected chi connectivity index (χ2v) is 8.64. The van der Waals surface area contributed by atoms with Gasteiger partial charge in [0.2, 0.25) is 12.4 Å². The van der Waals surface area contributed by atoms with Crippen LogP contribution in [-0.4, -0.2) is 94.9 Å². The van der Waals surface area contributed by atoms with Gasteiger partial charge in [0.05, 0.1) is 14.2 Å². The molecule has 38 heavy (non-hydrogen) atoms. The fourth-order valence-corrected chi connectivity index (χ4v) is 3.78. The predicted octanol–water partition coefficient (Wildman–Crippen LogP) is 1.26. The number of carbonyl (C=O) groups excluding carboxylic acids is 4. The summed E-state index contributed by atoms with van der Waals surface area (Å²) in [5.74, 6) is -2.32. The normalized spacial score (nSPS) is 22.6. The Morgan fingerprint density at radius 2 is 1.68 bits per heavy atom. The zero-order valence-corrected chi connectivity index (χ0v) is 22.7. The largest absolute Gasteiger partial charge is 0.493 e. The van der Waals surface area contributed by atoms with Crippen LogP contribution in [0.15, 0.2) is 18.2 Å². The molecule has 0 radical (unpaired) electrons. The van der Waals surface area contributed by atoms with Gasteiger partial charge in [0.25, 0.3) is 0 Å². The van der Waals surface area contributed by atoms with Crippen LogP contribution in [0.1, 0.15) is 26.3 Å². The first-order valence-corrected chi connectivity index (χ1v) is 12.0. The average molecular weight is 541 g/mol. The van der Waals surface area contributed by atoms with Crippen molar-refractivity contribution in [3.63, 3.8) is 0 Å². The fraction of sp³-hybridized carbons (Fsp3) is 0.600. The number of amides is 1. The smallest absolute Gasteiger partial charge is 0.409 e. The van der Waals surface area contributed by atoms with E-state index in [1.54, 1.807) is 39.2 Å². The molecule has 1 N–H and O–H groups in total. The molecule has 2 rings (SSSR count). The molecule has 0 saturated carbocycles. The van der Waals surface area contributed by atoms with E-state index >= 15 is 0 Å². The van der Waals surface area contributed by atoms with Gasteiger partial charge >= 0.3 is 24.0 Å². The van der Waals surface area contributed by atoms with E-state index in [0.29, 0.717) is 18.7 Å². The highest BCUT2D eigenvalue weighted by Crippen LogP contribution is 2.36. The first-order valence-electron chi connectivity index (χ1n) is 12.0. The number of nitrogens with zero attached hydrogens (tertiary/aromatic N) is 1. The topological polar surface area (TPSA) is 148 Å². The van der Waals surface area contributed by atoms with E-state index in [2.05, 4.69) is 5.32 Å². The molecule has 1 heterocycles. The number of rotatable bonds is 11. The summed E-state index contributed by atoms with van der Waals surface area (Å²) in [5, 5.41) is 2.95. The summed E-state index contributed by atoms with van der Waals surface area (Å²) in [7, 11) is 6.02. The molecule has 1 aromatic carbocycles. The van der Waals surface area contributed by atoms with E-state index in [1.165, 1.54) is 33.0 Å². The van der Waals surface area contributed by atoms with Gasteiger partial charge in [-0.1, -0.05) is 13.0 Å². The van der Waals surface area contributed by atoms with Crippen LogP contribution < -0.4 is 14.8 Å². The molecule has 0 spiro atoms. The van der Waals surface area contributed by atoms with E-state index in [4.69, 9.17) is 33.2 Å². The maximum atomic E-state index is 12.4. The van der Waals surface area contributed by atoms with Crippen molar-refractivity contribution < 1.29 is 52.3 Å². The Bertz CT molecular complexity index is 986. The van der Waals surface area contributed by atoms with Crippen LogP contribution in [0.2, 0.25) is 0 Å². The molecule has 212 valence electrons. The molecule has 13 nitrogen and oxygen atoms in total. The number of methoxy groups -OCH3 is 2. The summed E-state index contributed by atoms with van der Waals surface area (Å²) in [6.07, 6.45) is -5.29. The van der Waals surface area contributed by atoms with Crippen molar-refractivity contribution in [2.45, 2.75) is 52.0 Å². The van der Waals surface area contributed by atoms with Crippen LogP contribution in [0.4, 0.5) is 4.79 Å². The Kier molecular flexibility index (Phi) is 11.6. The quantitative estimate of drug-likeness (QED) is 0.318. The number of likely N-dealkylation sites (N-methyl/N-ethyl adjacent to an activating group) is 2. The Hall–Kier alpha value is -3.58. The second-order valence-electron chi connectivity index (χ2n) is 8.64. The lowest BCUT2D eigenvalue weighted by Gasteiger charge is -2.42. The number of hydrogen-bond donors (Lipinski definition) is 1. The third kappa shape index (κ3) is 8.21. The van der Waals surface area contributed by atoms with E-state index in [1.807, 2.05) is 0 Å². The van der Waals surface area contributed by atoms with Crippen LogP contribution in [0.5, 0.6) is 11.5 Å². The first-order chi connectivity index (χ1) is 18.0. The van der Waals surface area contributed by atoms with Gasteiger partial charge in [-0.25, -0.2) is 9.59 Å². The molecule has 13 heteroatoms. The number of esters is 3. The molecule has 1 aromatic rings. The van der Waals surface area contributed by atoms with Crippen LogP contribution in [0, 0.1) is 5.92 Å². The van der Waals surface area contributed by atoms with Crippen molar-refractivity contribution in [2.75, 3.05) is 41.4 Å². The second kappa shape index (κ2) is 14.4. The summed E-state index contributed by atoms with van der Waals surface area (Å²) >= 11 is 0. The minimum absolute atomic E-state index is 0.0220. The molecule has 1 aliphatic rings. The number of hydrogen-bond acceptors (Lipinski definition) is 12. The van der Waals surface area contributed by atoms with Crippen molar-refractivity contribution in [3.05, 3.63) is 23.8 Å². The van der Waals surface area contributed by atoms with Crippen molar-refractivity contribution in [1.29, 1.82) is 0 Å². The van der Waals surface area contributed by atoms with E-state index < -0.39 is 54.5 Å². The number of benzene rings is 1. The highest BCUT2D eigenvalue weighted by molar-refractivity contribution is 5.75.